The summed E-state index contributed by atoms with van der Waals surface area (Å²) in [6.07, 6.45) is 3.66. The first-order chi connectivity index (χ1) is 6.85. The number of nitrogens with zero attached hydrogens (tertiary/aromatic N) is 3. The van der Waals surface area contributed by atoms with E-state index < -0.39 is 0 Å². The van der Waals surface area contributed by atoms with E-state index in [2.05, 4.69) is 15.3 Å². The van der Waals surface area contributed by atoms with Crippen LogP contribution in [0.25, 0.3) is 10.4 Å². The molecule has 0 amide bonds. The van der Waals surface area contributed by atoms with Gasteiger partial charge < -0.3 is 10.1 Å². The van der Waals surface area contributed by atoms with Crippen LogP contribution >= 0.6 is 0 Å². The van der Waals surface area contributed by atoms with E-state index in [1.165, 1.54) is 12.8 Å². The lowest BCUT2D eigenvalue weighted by molar-refractivity contribution is 0.0923. The van der Waals surface area contributed by atoms with Crippen LogP contribution in [0.2, 0.25) is 0 Å². The smallest absolute Gasteiger partial charge is 0.0638 e. The van der Waals surface area contributed by atoms with Crippen molar-refractivity contribution in [2.45, 2.75) is 25.4 Å². The fourth-order valence-electron chi connectivity index (χ4n) is 2.47. The minimum atomic E-state index is 0.144. The van der Waals surface area contributed by atoms with Gasteiger partial charge >= 0.3 is 0 Å². The summed E-state index contributed by atoms with van der Waals surface area (Å²) in [6, 6.07) is 0. The normalized spacial score (nSPS) is 37.0. The van der Waals surface area contributed by atoms with Crippen LogP contribution in [0.15, 0.2) is 5.11 Å². The van der Waals surface area contributed by atoms with E-state index in [4.69, 9.17) is 10.3 Å². The van der Waals surface area contributed by atoms with Gasteiger partial charge in [0.05, 0.1) is 19.3 Å². The van der Waals surface area contributed by atoms with Crippen LogP contribution in [0.5, 0.6) is 0 Å². The van der Waals surface area contributed by atoms with Crippen molar-refractivity contribution in [1.82, 2.24) is 5.32 Å². The molecular weight excluding hydrogens is 180 g/mol. The largest absolute Gasteiger partial charge is 0.377 e. The van der Waals surface area contributed by atoms with E-state index in [1.807, 2.05) is 0 Å². The topological polar surface area (TPSA) is 70.0 Å². The van der Waals surface area contributed by atoms with Crippen LogP contribution in [0.3, 0.4) is 0 Å². The van der Waals surface area contributed by atoms with Gasteiger partial charge in [0.1, 0.15) is 0 Å². The Balaban J connectivity index is 1.88. The lowest BCUT2D eigenvalue weighted by Crippen LogP contribution is -2.40. The van der Waals surface area contributed by atoms with E-state index in [0.29, 0.717) is 12.0 Å². The zero-order valence-corrected chi connectivity index (χ0v) is 8.28. The third kappa shape index (κ3) is 2.00. The third-order valence-electron chi connectivity index (χ3n) is 3.20. The van der Waals surface area contributed by atoms with Gasteiger partial charge in [-0.15, -0.1) is 0 Å². The van der Waals surface area contributed by atoms with Crippen LogP contribution < -0.4 is 5.32 Å². The fourth-order valence-corrected chi connectivity index (χ4v) is 2.47. The molecule has 1 N–H and O–H groups in total. The van der Waals surface area contributed by atoms with Gasteiger partial charge in [0.25, 0.3) is 0 Å². The number of hydrogen-bond acceptors (Lipinski definition) is 3. The molecule has 1 spiro atoms. The molecule has 0 unspecified atom stereocenters. The minimum Gasteiger partial charge on any atom is -0.377 e. The standard InChI is InChI=1S/C9H16N4O/c10-13-12-5-8-4-9(7-14-8)2-1-3-11-6-9/h8,11H,1-7H2/t8-,9-/m1/s1. The Kier molecular flexibility index (Phi) is 2.91. The highest BCUT2D eigenvalue weighted by Gasteiger charge is 2.40. The summed E-state index contributed by atoms with van der Waals surface area (Å²) in [5.41, 5.74) is 8.55. The maximum Gasteiger partial charge on any atom is 0.0638 e. The molecule has 78 valence electrons. The van der Waals surface area contributed by atoms with Gasteiger partial charge in [-0.25, -0.2) is 0 Å². The highest BCUT2D eigenvalue weighted by molar-refractivity contribution is 4.92. The van der Waals surface area contributed by atoms with Crippen LogP contribution in [0.4, 0.5) is 0 Å². The molecule has 0 aromatic rings. The highest BCUT2D eigenvalue weighted by atomic mass is 16.5. The van der Waals surface area contributed by atoms with Crippen LogP contribution in [-0.2, 0) is 4.74 Å². The van der Waals surface area contributed by atoms with Crippen molar-refractivity contribution >= 4 is 0 Å². The quantitative estimate of drug-likeness (QED) is 0.412. The Morgan fingerprint density at radius 1 is 1.64 bits per heavy atom. The van der Waals surface area contributed by atoms with Crippen LogP contribution in [0.1, 0.15) is 19.3 Å². The molecule has 0 aromatic carbocycles. The second-order valence-electron chi connectivity index (χ2n) is 4.33. The number of hydrogen-bond donors (Lipinski definition) is 1. The molecule has 0 bridgehead atoms. The summed E-state index contributed by atoms with van der Waals surface area (Å²) >= 11 is 0. The molecule has 5 heteroatoms. The fraction of sp³-hybridized carbons (Fsp3) is 1.00. The lowest BCUT2D eigenvalue weighted by atomic mass is 9.79. The number of nitrogens with one attached hydrogen (secondary N) is 1. The Hall–Kier alpha value is -0.770. The molecule has 5 nitrogen and oxygen atoms in total. The van der Waals surface area contributed by atoms with Gasteiger partial charge in [-0.05, 0) is 31.3 Å². The van der Waals surface area contributed by atoms with Gasteiger partial charge in [-0.2, -0.15) is 0 Å². The molecule has 0 aliphatic carbocycles. The van der Waals surface area contributed by atoms with Crippen molar-refractivity contribution in [3.63, 3.8) is 0 Å². The van der Waals surface area contributed by atoms with E-state index in [-0.39, 0.29) is 6.10 Å². The average molecular weight is 196 g/mol. The van der Waals surface area contributed by atoms with E-state index in [1.54, 1.807) is 0 Å². The number of rotatable bonds is 2. The summed E-state index contributed by atoms with van der Waals surface area (Å²) < 4.78 is 5.64. The predicted octanol–water partition coefficient (Wildman–Crippen LogP) is 1.46. The molecule has 2 aliphatic rings. The Morgan fingerprint density at radius 2 is 2.57 bits per heavy atom. The number of piperidine rings is 1. The molecular formula is C9H16N4O. The first kappa shape index (κ1) is 9.77. The molecule has 2 rings (SSSR count). The summed E-state index contributed by atoms with van der Waals surface area (Å²) in [5.74, 6) is 0. The molecule has 0 aromatic heterocycles. The van der Waals surface area contributed by atoms with Gasteiger partial charge in [0.2, 0.25) is 0 Å². The first-order valence-electron chi connectivity index (χ1n) is 5.18. The third-order valence-corrected chi connectivity index (χ3v) is 3.20. The Morgan fingerprint density at radius 3 is 3.29 bits per heavy atom. The zero-order chi connectivity index (χ0) is 9.86. The summed E-state index contributed by atoms with van der Waals surface area (Å²) in [4.78, 5) is 2.76. The van der Waals surface area contributed by atoms with Crippen LogP contribution in [-0.4, -0.2) is 32.3 Å². The van der Waals surface area contributed by atoms with Crippen molar-refractivity contribution in [2.24, 2.45) is 10.5 Å². The molecule has 2 fully saturated rings. The number of ether oxygens (including phenoxy) is 1. The zero-order valence-electron chi connectivity index (χ0n) is 8.28. The highest BCUT2D eigenvalue weighted by Crippen LogP contribution is 2.38. The van der Waals surface area contributed by atoms with E-state index in [9.17, 15) is 0 Å². The summed E-state index contributed by atoms with van der Waals surface area (Å²) in [7, 11) is 0. The maximum absolute atomic E-state index is 8.22. The van der Waals surface area contributed by atoms with Gasteiger partial charge in [0.15, 0.2) is 0 Å². The molecule has 2 saturated heterocycles. The molecule has 2 heterocycles. The molecule has 14 heavy (non-hydrogen) atoms. The Labute approximate surface area is 83.4 Å². The lowest BCUT2D eigenvalue weighted by Gasteiger charge is -2.32. The molecule has 0 saturated carbocycles. The van der Waals surface area contributed by atoms with Crippen molar-refractivity contribution in [3.05, 3.63) is 10.4 Å². The summed E-state index contributed by atoms with van der Waals surface area (Å²) in [6.45, 7) is 3.49. The summed E-state index contributed by atoms with van der Waals surface area (Å²) in [5, 5.41) is 6.98. The second-order valence-corrected chi connectivity index (χ2v) is 4.33. The molecule has 0 radical (unpaired) electrons. The van der Waals surface area contributed by atoms with Gasteiger partial charge in [-0.3, -0.25) is 0 Å². The van der Waals surface area contributed by atoms with Crippen molar-refractivity contribution < 1.29 is 4.74 Å². The maximum atomic E-state index is 8.22. The molecule has 2 aliphatic heterocycles. The van der Waals surface area contributed by atoms with Crippen LogP contribution in [0, 0.1) is 5.41 Å². The monoisotopic (exact) mass is 196 g/mol. The van der Waals surface area contributed by atoms with E-state index >= 15 is 0 Å². The Bertz CT molecular complexity index is 243. The molecule has 2 atom stereocenters. The predicted molar refractivity (Wildman–Crippen MR) is 52.9 cm³/mol. The SMILES string of the molecule is [N-]=[N+]=NC[C@H]1C[C@@]2(CCCNC2)CO1. The van der Waals surface area contributed by atoms with Crippen molar-refractivity contribution in [3.8, 4) is 0 Å². The van der Waals surface area contributed by atoms with Gasteiger partial charge in [-0.1, -0.05) is 5.11 Å². The minimum absolute atomic E-state index is 0.144. The first-order valence-corrected chi connectivity index (χ1v) is 5.18. The van der Waals surface area contributed by atoms with E-state index in [0.717, 1.165) is 26.1 Å². The average Bonchev–Trinajstić information content (AvgIpc) is 2.60. The van der Waals surface area contributed by atoms with Gasteiger partial charge in [0, 0.05) is 16.9 Å². The second kappa shape index (κ2) is 4.17. The van der Waals surface area contributed by atoms with Crippen molar-refractivity contribution in [1.29, 1.82) is 0 Å². The van der Waals surface area contributed by atoms with Crippen molar-refractivity contribution in [2.75, 3.05) is 26.2 Å². The number of azide groups is 1.